The van der Waals surface area contributed by atoms with Crippen molar-refractivity contribution in [1.29, 1.82) is 5.26 Å². The normalized spacial score (nSPS) is 20.2. The lowest BCUT2D eigenvalue weighted by molar-refractivity contribution is 0.0821. The first-order chi connectivity index (χ1) is 25.0. The van der Waals surface area contributed by atoms with E-state index in [0.717, 1.165) is 36.4 Å². The van der Waals surface area contributed by atoms with E-state index in [4.69, 9.17) is 15.5 Å². The van der Waals surface area contributed by atoms with Crippen LogP contribution in [-0.4, -0.2) is 87.5 Å². The van der Waals surface area contributed by atoms with E-state index in [0.29, 0.717) is 73.5 Å². The number of nitrogens with two attached hydrogens (primary N) is 1. The molecule has 0 radical (unpaired) electrons. The highest BCUT2D eigenvalue weighted by atomic mass is 32.1. The lowest BCUT2D eigenvalue weighted by atomic mass is 9.92. The minimum Gasteiger partial charge on any atom is -0.461 e. The van der Waals surface area contributed by atoms with Crippen molar-refractivity contribution in [3.05, 3.63) is 58.4 Å². The third-order valence-electron chi connectivity index (χ3n) is 10.7. The molecule has 2 N–H and O–H groups in total. The van der Waals surface area contributed by atoms with Gasteiger partial charge in [-0.05, 0) is 61.6 Å². The summed E-state index contributed by atoms with van der Waals surface area (Å²) in [7, 11) is 3.36. The molecule has 3 aliphatic rings. The molecular weight excluding hydrogens is 692 g/mol. The number of nitrogens with zero attached hydrogens (tertiary/aromatic N) is 8. The summed E-state index contributed by atoms with van der Waals surface area (Å²) in [4.78, 5) is 28.0. The van der Waals surface area contributed by atoms with Gasteiger partial charge >= 0.3 is 6.01 Å². The maximum absolute atomic E-state index is 17.4. The SMILES string of the molecule is CCc1cc2c(N3CCCn4nc(C(=O)N(C)C)cc4C3)nc(OC[C@@]34CCCN3C[C@H](F)C4)nc2c(F)c1-c1ccc(F)c2sc(N)c(C#N)c12. The summed E-state index contributed by atoms with van der Waals surface area (Å²) in [5.41, 5.74) is 8.06. The van der Waals surface area contributed by atoms with Gasteiger partial charge in [0.05, 0.1) is 28.0 Å². The van der Waals surface area contributed by atoms with Crippen LogP contribution in [0.15, 0.2) is 24.3 Å². The standard InChI is InChI=1S/C37H38F3N9O2S/c1-4-20-13-24-31(30(40)28(20)23-7-8-26(39)32-29(23)25(16-41)33(42)52-32)43-36(51-19-37-9-5-11-48(37)17-21(38)15-37)44-34(24)47-10-6-12-49-22(18-47)14-27(45-49)35(50)46(2)3/h7-8,13-14,21H,4-6,9-12,15,17-19,42H2,1-3H3/t21-,37+/m1/s1. The molecule has 3 aliphatic heterocycles. The maximum Gasteiger partial charge on any atom is 0.319 e. The number of fused-ring (bicyclic) bond motifs is 4. The number of hydrogen-bond acceptors (Lipinski definition) is 10. The number of aryl methyl sites for hydroxylation is 2. The van der Waals surface area contributed by atoms with E-state index in [1.165, 1.54) is 17.0 Å². The van der Waals surface area contributed by atoms with Gasteiger partial charge in [-0.2, -0.15) is 20.3 Å². The number of nitrogen functional groups attached to an aromatic ring is 1. The van der Waals surface area contributed by atoms with Crippen LogP contribution in [0.1, 0.15) is 59.9 Å². The minimum atomic E-state index is -0.951. The van der Waals surface area contributed by atoms with Crippen molar-refractivity contribution in [2.75, 3.05) is 51.0 Å². The van der Waals surface area contributed by atoms with Crippen molar-refractivity contribution in [3.8, 4) is 23.2 Å². The molecule has 52 heavy (non-hydrogen) atoms. The molecule has 1 amide bonds. The number of carbonyl (C=O) groups is 1. The quantitative estimate of drug-likeness (QED) is 0.212. The summed E-state index contributed by atoms with van der Waals surface area (Å²) in [6, 6.07) is 8.43. The van der Waals surface area contributed by atoms with Gasteiger partial charge in [-0.25, -0.2) is 13.2 Å². The highest BCUT2D eigenvalue weighted by Gasteiger charge is 2.49. The van der Waals surface area contributed by atoms with Crippen molar-refractivity contribution < 1.29 is 22.7 Å². The average molecular weight is 730 g/mol. The maximum atomic E-state index is 17.4. The van der Waals surface area contributed by atoms with E-state index in [1.54, 1.807) is 20.2 Å². The number of amides is 1. The molecule has 0 aliphatic carbocycles. The zero-order valence-corrected chi connectivity index (χ0v) is 30.0. The second-order valence-corrected chi connectivity index (χ2v) is 15.2. The van der Waals surface area contributed by atoms with Crippen molar-refractivity contribution in [1.82, 2.24) is 29.5 Å². The van der Waals surface area contributed by atoms with Crippen LogP contribution in [0.5, 0.6) is 6.01 Å². The van der Waals surface area contributed by atoms with E-state index in [1.807, 2.05) is 22.6 Å². The van der Waals surface area contributed by atoms with Crippen LogP contribution >= 0.6 is 11.3 Å². The molecule has 2 saturated heterocycles. The fourth-order valence-corrected chi connectivity index (χ4v) is 9.20. The van der Waals surface area contributed by atoms with Gasteiger partial charge in [0.2, 0.25) is 0 Å². The number of thiophene rings is 1. The van der Waals surface area contributed by atoms with E-state index < -0.39 is 23.3 Å². The predicted octanol–water partition coefficient (Wildman–Crippen LogP) is 6.07. The lowest BCUT2D eigenvalue weighted by Gasteiger charge is -2.31. The Hall–Kier alpha value is -4.94. The molecule has 0 saturated carbocycles. The molecule has 3 aromatic heterocycles. The van der Waals surface area contributed by atoms with Crippen molar-refractivity contribution in [3.63, 3.8) is 0 Å². The molecule has 2 fully saturated rings. The molecule has 0 bridgehead atoms. The third kappa shape index (κ3) is 5.50. The summed E-state index contributed by atoms with van der Waals surface area (Å²) in [5, 5.41) is 15.4. The predicted molar refractivity (Wildman–Crippen MR) is 193 cm³/mol. The summed E-state index contributed by atoms with van der Waals surface area (Å²) >= 11 is 0.956. The third-order valence-corrected chi connectivity index (χ3v) is 11.7. The largest absolute Gasteiger partial charge is 0.461 e. The van der Waals surface area contributed by atoms with Crippen molar-refractivity contribution >= 4 is 49.1 Å². The zero-order valence-electron chi connectivity index (χ0n) is 29.2. The van der Waals surface area contributed by atoms with Gasteiger partial charge in [-0.1, -0.05) is 13.0 Å². The average Bonchev–Trinajstić information content (AvgIpc) is 3.84. The molecule has 11 nitrogen and oxygen atoms in total. The Morgan fingerprint density at radius 2 is 2.02 bits per heavy atom. The minimum absolute atomic E-state index is 0.00295. The monoisotopic (exact) mass is 729 g/mol. The van der Waals surface area contributed by atoms with Gasteiger partial charge in [-0.15, -0.1) is 11.3 Å². The number of nitriles is 1. The molecule has 270 valence electrons. The second-order valence-electron chi connectivity index (χ2n) is 14.1. The summed E-state index contributed by atoms with van der Waals surface area (Å²) < 4.78 is 55.5. The van der Waals surface area contributed by atoms with Gasteiger partial charge in [0.25, 0.3) is 5.91 Å². The Morgan fingerprint density at radius 3 is 2.79 bits per heavy atom. The second kappa shape index (κ2) is 12.9. The van der Waals surface area contributed by atoms with Crippen molar-refractivity contribution in [2.45, 2.75) is 63.8 Å². The number of halogens is 3. The number of hydrogen-bond donors (Lipinski definition) is 1. The highest BCUT2D eigenvalue weighted by molar-refractivity contribution is 7.23. The number of benzene rings is 2. The number of ether oxygens (including phenoxy) is 1. The van der Waals surface area contributed by atoms with Gasteiger partial charge in [0.1, 0.15) is 41.0 Å². The van der Waals surface area contributed by atoms with Crippen LogP contribution in [0.25, 0.3) is 32.1 Å². The fraction of sp³-hybridized carbons (Fsp3) is 0.432. The van der Waals surface area contributed by atoms with E-state index in [9.17, 15) is 14.4 Å². The van der Waals surface area contributed by atoms with Gasteiger partial charge in [0, 0.05) is 56.5 Å². The number of alkyl halides is 1. The van der Waals surface area contributed by atoms with Crippen LogP contribution < -0.4 is 15.4 Å². The van der Waals surface area contributed by atoms with E-state index in [-0.39, 0.29) is 50.3 Å². The Labute approximate surface area is 302 Å². The first-order valence-corrected chi connectivity index (χ1v) is 18.3. The first-order valence-electron chi connectivity index (χ1n) is 17.5. The summed E-state index contributed by atoms with van der Waals surface area (Å²) in [6.45, 7) is 4.66. The molecule has 2 aromatic carbocycles. The van der Waals surface area contributed by atoms with Crippen LogP contribution in [-0.2, 0) is 19.5 Å². The molecule has 5 aromatic rings. The Kier molecular flexibility index (Phi) is 8.49. The number of carbonyl (C=O) groups excluding carboxylic acids is 1. The fourth-order valence-electron chi connectivity index (χ4n) is 8.25. The van der Waals surface area contributed by atoms with Gasteiger partial charge < -0.3 is 20.3 Å². The molecule has 15 heteroatoms. The molecule has 6 heterocycles. The van der Waals surface area contributed by atoms with Gasteiger partial charge in [0.15, 0.2) is 11.5 Å². The first kappa shape index (κ1) is 34.2. The molecular formula is C37H38F3N9O2S. The Morgan fingerprint density at radius 1 is 1.19 bits per heavy atom. The van der Waals surface area contributed by atoms with Crippen LogP contribution in [0.3, 0.4) is 0 Å². The number of aromatic nitrogens is 4. The smallest absolute Gasteiger partial charge is 0.319 e. The van der Waals surface area contributed by atoms with E-state index >= 15 is 8.78 Å². The highest BCUT2D eigenvalue weighted by Crippen LogP contribution is 2.45. The van der Waals surface area contributed by atoms with Crippen LogP contribution in [0, 0.1) is 23.0 Å². The Balaban J connectivity index is 1.30. The molecule has 0 spiro atoms. The molecule has 2 atom stereocenters. The van der Waals surface area contributed by atoms with Crippen LogP contribution in [0.2, 0.25) is 0 Å². The molecule has 0 unspecified atom stereocenters. The summed E-state index contributed by atoms with van der Waals surface area (Å²) in [6.07, 6.45) is 2.19. The topological polar surface area (TPSA) is 129 Å². The van der Waals surface area contributed by atoms with Gasteiger partial charge in [-0.3, -0.25) is 14.4 Å². The summed E-state index contributed by atoms with van der Waals surface area (Å²) in [5.74, 6) is -0.960. The van der Waals surface area contributed by atoms with Crippen LogP contribution in [0.4, 0.5) is 24.0 Å². The van der Waals surface area contributed by atoms with E-state index in [2.05, 4.69) is 21.1 Å². The zero-order chi connectivity index (χ0) is 36.5. The lowest BCUT2D eigenvalue weighted by Crippen LogP contribution is -2.43. The number of anilines is 2. The molecule has 8 rings (SSSR count). The number of rotatable bonds is 7. The Bertz CT molecular complexity index is 2300. The van der Waals surface area contributed by atoms with Crippen molar-refractivity contribution in [2.24, 2.45) is 0 Å².